The van der Waals surface area contributed by atoms with Crippen molar-refractivity contribution in [2.24, 2.45) is 0 Å². The standard InChI is InChI=1S/C11H13BrO2/c1-8(13-6-11-7-14-11)9-2-4-10(12)5-3-9/h2-5,8,11H,6-7H2,1H3. The van der Waals surface area contributed by atoms with E-state index in [1.165, 1.54) is 5.56 Å². The summed E-state index contributed by atoms with van der Waals surface area (Å²) in [6.07, 6.45) is 0.486. The SMILES string of the molecule is CC(OCC1CO1)c1ccc(Br)cc1. The number of hydrogen-bond donors (Lipinski definition) is 0. The highest BCUT2D eigenvalue weighted by Gasteiger charge is 2.23. The first kappa shape index (κ1) is 10.1. The van der Waals surface area contributed by atoms with Crippen LogP contribution in [-0.4, -0.2) is 19.3 Å². The minimum atomic E-state index is 0.146. The largest absolute Gasteiger partial charge is 0.371 e. The number of epoxide rings is 1. The molecule has 2 nitrogen and oxygen atoms in total. The summed E-state index contributed by atoms with van der Waals surface area (Å²) in [5, 5.41) is 0. The summed E-state index contributed by atoms with van der Waals surface area (Å²) in [7, 11) is 0. The minimum Gasteiger partial charge on any atom is -0.371 e. The van der Waals surface area contributed by atoms with Gasteiger partial charge in [0, 0.05) is 4.47 Å². The number of hydrogen-bond acceptors (Lipinski definition) is 2. The predicted molar refractivity (Wildman–Crippen MR) is 58.2 cm³/mol. The summed E-state index contributed by atoms with van der Waals surface area (Å²) in [4.78, 5) is 0. The first-order valence-corrected chi connectivity index (χ1v) is 5.53. The van der Waals surface area contributed by atoms with Gasteiger partial charge in [-0.2, -0.15) is 0 Å². The molecule has 3 heteroatoms. The molecule has 1 aromatic carbocycles. The maximum Gasteiger partial charge on any atom is 0.104 e. The normalized spacial score (nSPS) is 22.0. The van der Waals surface area contributed by atoms with Crippen LogP contribution in [0.25, 0.3) is 0 Å². The van der Waals surface area contributed by atoms with E-state index in [0.29, 0.717) is 12.7 Å². The Morgan fingerprint density at radius 1 is 1.50 bits per heavy atom. The average Bonchev–Trinajstić information content (AvgIpc) is 2.99. The molecule has 2 unspecified atom stereocenters. The van der Waals surface area contributed by atoms with Crippen molar-refractivity contribution >= 4 is 15.9 Å². The van der Waals surface area contributed by atoms with Gasteiger partial charge < -0.3 is 9.47 Å². The second-order valence-electron chi connectivity index (χ2n) is 3.48. The van der Waals surface area contributed by atoms with Crippen molar-refractivity contribution < 1.29 is 9.47 Å². The van der Waals surface area contributed by atoms with Crippen molar-refractivity contribution in [1.82, 2.24) is 0 Å². The molecule has 2 rings (SSSR count). The zero-order valence-electron chi connectivity index (χ0n) is 8.07. The third-order valence-electron chi connectivity index (χ3n) is 2.27. The van der Waals surface area contributed by atoms with Crippen molar-refractivity contribution in [3.8, 4) is 0 Å². The summed E-state index contributed by atoms with van der Waals surface area (Å²) in [5.41, 5.74) is 1.20. The van der Waals surface area contributed by atoms with Gasteiger partial charge >= 0.3 is 0 Å². The van der Waals surface area contributed by atoms with Gasteiger partial charge in [0.05, 0.1) is 19.3 Å². The predicted octanol–water partition coefficient (Wildman–Crippen LogP) is 2.93. The lowest BCUT2D eigenvalue weighted by atomic mass is 10.1. The molecule has 1 aromatic rings. The van der Waals surface area contributed by atoms with Crippen LogP contribution in [0.15, 0.2) is 28.7 Å². The van der Waals surface area contributed by atoms with E-state index in [9.17, 15) is 0 Å². The van der Waals surface area contributed by atoms with E-state index in [2.05, 4.69) is 35.0 Å². The fourth-order valence-corrected chi connectivity index (χ4v) is 1.51. The highest BCUT2D eigenvalue weighted by Crippen LogP contribution is 2.21. The molecule has 0 radical (unpaired) electrons. The van der Waals surface area contributed by atoms with E-state index in [1.807, 2.05) is 12.1 Å². The molecule has 2 atom stereocenters. The van der Waals surface area contributed by atoms with Gasteiger partial charge in [-0.15, -0.1) is 0 Å². The molecule has 0 aliphatic carbocycles. The van der Waals surface area contributed by atoms with Crippen LogP contribution < -0.4 is 0 Å². The van der Waals surface area contributed by atoms with E-state index in [4.69, 9.17) is 9.47 Å². The van der Waals surface area contributed by atoms with E-state index in [1.54, 1.807) is 0 Å². The third kappa shape index (κ3) is 2.80. The maximum atomic E-state index is 5.65. The Hall–Kier alpha value is -0.380. The summed E-state index contributed by atoms with van der Waals surface area (Å²) in [6.45, 7) is 3.62. The number of halogens is 1. The molecule has 1 heterocycles. The van der Waals surface area contributed by atoms with Gasteiger partial charge in [0.2, 0.25) is 0 Å². The summed E-state index contributed by atoms with van der Waals surface area (Å²) < 4.78 is 11.8. The fourth-order valence-electron chi connectivity index (χ4n) is 1.25. The quantitative estimate of drug-likeness (QED) is 0.773. The monoisotopic (exact) mass is 256 g/mol. The van der Waals surface area contributed by atoms with E-state index in [0.717, 1.165) is 11.1 Å². The molecule has 0 saturated carbocycles. The average molecular weight is 257 g/mol. The second-order valence-corrected chi connectivity index (χ2v) is 4.40. The van der Waals surface area contributed by atoms with Crippen molar-refractivity contribution in [2.75, 3.05) is 13.2 Å². The summed E-state index contributed by atoms with van der Waals surface area (Å²) >= 11 is 3.41. The molecule has 0 amide bonds. The molecule has 0 N–H and O–H groups in total. The Kier molecular flexibility index (Phi) is 3.21. The van der Waals surface area contributed by atoms with Crippen LogP contribution in [0.3, 0.4) is 0 Å². The molecular weight excluding hydrogens is 244 g/mol. The van der Waals surface area contributed by atoms with Crippen LogP contribution in [0.5, 0.6) is 0 Å². The van der Waals surface area contributed by atoms with Crippen molar-refractivity contribution in [3.05, 3.63) is 34.3 Å². The lowest BCUT2D eigenvalue weighted by Crippen LogP contribution is -2.05. The highest BCUT2D eigenvalue weighted by molar-refractivity contribution is 9.10. The second kappa shape index (κ2) is 4.43. The Labute approximate surface area is 92.3 Å². The van der Waals surface area contributed by atoms with Crippen molar-refractivity contribution in [3.63, 3.8) is 0 Å². The molecular formula is C11H13BrO2. The van der Waals surface area contributed by atoms with Crippen molar-refractivity contribution in [1.29, 1.82) is 0 Å². The first-order valence-electron chi connectivity index (χ1n) is 4.74. The van der Waals surface area contributed by atoms with Crippen LogP contribution in [0.4, 0.5) is 0 Å². The van der Waals surface area contributed by atoms with E-state index >= 15 is 0 Å². The number of ether oxygens (including phenoxy) is 2. The van der Waals surface area contributed by atoms with Gasteiger partial charge in [0.15, 0.2) is 0 Å². The highest BCUT2D eigenvalue weighted by atomic mass is 79.9. The fraction of sp³-hybridized carbons (Fsp3) is 0.455. The molecule has 1 saturated heterocycles. The number of benzene rings is 1. The van der Waals surface area contributed by atoms with Crippen LogP contribution in [0, 0.1) is 0 Å². The smallest absolute Gasteiger partial charge is 0.104 e. The zero-order chi connectivity index (χ0) is 9.97. The van der Waals surface area contributed by atoms with Gasteiger partial charge in [0.1, 0.15) is 6.10 Å². The molecule has 1 aliphatic rings. The van der Waals surface area contributed by atoms with E-state index in [-0.39, 0.29) is 6.10 Å². The van der Waals surface area contributed by atoms with Gasteiger partial charge in [0.25, 0.3) is 0 Å². The van der Waals surface area contributed by atoms with Gasteiger partial charge in [-0.1, -0.05) is 28.1 Å². The molecule has 76 valence electrons. The van der Waals surface area contributed by atoms with Crippen LogP contribution in [0.2, 0.25) is 0 Å². The molecule has 0 bridgehead atoms. The van der Waals surface area contributed by atoms with Gasteiger partial charge in [-0.05, 0) is 24.6 Å². The minimum absolute atomic E-state index is 0.146. The van der Waals surface area contributed by atoms with Crippen LogP contribution >= 0.6 is 15.9 Å². The maximum absolute atomic E-state index is 5.65. The molecule has 1 fully saturated rings. The Bertz CT molecular complexity index is 293. The third-order valence-corrected chi connectivity index (χ3v) is 2.80. The molecule has 0 spiro atoms. The molecule has 14 heavy (non-hydrogen) atoms. The lowest BCUT2D eigenvalue weighted by molar-refractivity contribution is 0.0540. The van der Waals surface area contributed by atoms with Crippen LogP contribution in [0.1, 0.15) is 18.6 Å². The molecule has 0 aromatic heterocycles. The van der Waals surface area contributed by atoms with Gasteiger partial charge in [-0.25, -0.2) is 0 Å². The molecule has 1 aliphatic heterocycles. The topological polar surface area (TPSA) is 21.8 Å². The Morgan fingerprint density at radius 2 is 2.14 bits per heavy atom. The van der Waals surface area contributed by atoms with E-state index < -0.39 is 0 Å². The van der Waals surface area contributed by atoms with Crippen LogP contribution in [-0.2, 0) is 9.47 Å². The Morgan fingerprint density at radius 3 is 2.71 bits per heavy atom. The lowest BCUT2D eigenvalue weighted by Gasteiger charge is -2.12. The summed E-state index contributed by atoms with van der Waals surface area (Å²) in [6, 6.07) is 8.21. The summed E-state index contributed by atoms with van der Waals surface area (Å²) in [5.74, 6) is 0. The van der Waals surface area contributed by atoms with Gasteiger partial charge in [-0.3, -0.25) is 0 Å². The van der Waals surface area contributed by atoms with Crippen molar-refractivity contribution in [2.45, 2.75) is 19.1 Å². The first-order chi connectivity index (χ1) is 6.75. The number of rotatable bonds is 4. The zero-order valence-corrected chi connectivity index (χ0v) is 9.66. The Balaban J connectivity index is 1.88.